The summed E-state index contributed by atoms with van der Waals surface area (Å²) >= 11 is 0. The van der Waals surface area contributed by atoms with Gasteiger partial charge in [-0.1, -0.05) is 44.5 Å². The number of ether oxygens (including phenoxy) is 1. The van der Waals surface area contributed by atoms with E-state index in [4.69, 9.17) is 9.84 Å². The molecule has 37 heavy (non-hydrogen) atoms. The largest absolute Gasteiger partial charge is 0.481 e. The van der Waals surface area contributed by atoms with Gasteiger partial charge in [0, 0.05) is 30.4 Å². The highest BCUT2D eigenvalue weighted by Crippen LogP contribution is 2.30. The summed E-state index contributed by atoms with van der Waals surface area (Å²) in [6.45, 7) is 5.58. The van der Waals surface area contributed by atoms with Crippen molar-refractivity contribution in [2.45, 2.75) is 45.5 Å². The van der Waals surface area contributed by atoms with Crippen molar-refractivity contribution in [3.05, 3.63) is 71.8 Å². The molecule has 0 aliphatic heterocycles. The normalized spacial score (nSPS) is 13.1. The topological polar surface area (TPSA) is 96.4 Å². The van der Waals surface area contributed by atoms with Crippen LogP contribution < -0.4 is 15.4 Å². The van der Waals surface area contributed by atoms with Crippen LogP contribution in [0.15, 0.2) is 60.7 Å². The molecule has 0 amide bonds. The van der Waals surface area contributed by atoms with E-state index in [1.54, 1.807) is 12.1 Å². The summed E-state index contributed by atoms with van der Waals surface area (Å²) in [6, 6.07) is 16.0. The average Bonchev–Trinajstić information content (AvgIpc) is 2.89. The van der Waals surface area contributed by atoms with Crippen molar-refractivity contribution in [2.24, 2.45) is 5.92 Å². The Hall–Kier alpha value is -3.66. The summed E-state index contributed by atoms with van der Waals surface area (Å²) in [6.07, 6.45) is -3.37. The minimum atomic E-state index is -4.38. The van der Waals surface area contributed by atoms with Crippen molar-refractivity contribution in [1.82, 2.24) is 15.5 Å². The fraction of sp³-hybridized carbons (Fsp3) is 0.370. The van der Waals surface area contributed by atoms with Crippen LogP contribution in [0.5, 0.6) is 5.88 Å². The van der Waals surface area contributed by atoms with Gasteiger partial charge in [-0.3, -0.25) is 4.79 Å². The number of halogens is 3. The monoisotopic (exact) mass is 516 g/mol. The molecule has 0 bridgehead atoms. The smallest absolute Gasteiger partial charge is 0.416 e. The molecular formula is C27H31F3N4O3. The summed E-state index contributed by atoms with van der Waals surface area (Å²) in [4.78, 5) is 10.6. The average molecular weight is 517 g/mol. The summed E-state index contributed by atoms with van der Waals surface area (Å²) in [5.41, 5.74) is 2.26. The van der Waals surface area contributed by atoms with Crippen LogP contribution in [0.2, 0.25) is 0 Å². The highest BCUT2D eigenvalue weighted by Gasteiger charge is 2.30. The Labute approximate surface area is 214 Å². The number of anilines is 1. The van der Waals surface area contributed by atoms with Crippen LogP contribution in [0.1, 0.15) is 37.8 Å². The summed E-state index contributed by atoms with van der Waals surface area (Å²) in [5.74, 6) is -0.197. The SMILES string of the molecule is CC[C@H](C)[C@@H](COc1ccc(-c2ccc(C(F)(F)F)cc2)nn1)Nc1ccc(CNCCC(=O)O)cc1. The zero-order valence-corrected chi connectivity index (χ0v) is 20.8. The van der Waals surface area contributed by atoms with E-state index in [0.29, 0.717) is 42.8 Å². The maximum atomic E-state index is 12.8. The Kier molecular flexibility index (Phi) is 9.85. The first-order chi connectivity index (χ1) is 17.7. The van der Waals surface area contributed by atoms with Crippen LogP contribution in [0.25, 0.3) is 11.3 Å². The van der Waals surface area contributed by atoms with Gasteiger partial charge in [0.1, 0.15) is 6.61 Å². The molecule has 3 aromatic rings. The molecule has 1 aromatic heterocycles. The molecule has 0 saturated carbocycles. The van der Waals surface area contributed by atoms with E-state index in [1.165, 1.54) is 12.1 Å². The molecule has 0 fully saturated rings. The number of nitrogens with one attached hydrogen (secondary N) is 2. The van der Waals surface area contributed by atoms with Gasteiger partial charge in [-0.15, -0.1) is 10.2 Å². The molecule has 2 atom stereocenters. The maximum absolute atomic E-state index is 12.8. The molecule has 198 valence electrons. The van der Waals surface area contributed by atoms with Gasteiger partial charge >= 0.3 is 12.1 Å². The molecule has 0 aliphatic rings. The van der Waals surface area contributed by atoms with Crippen molar-refractivity contribution in [2.75, 3.05) is 18.5 Å². The Morgan fingerprint density at radius 2 is 1.73 bits per heavy atom. The molecule has 10 heteroatoms. The van der Waals surface area contributed by atoms with Crippen LogP contribution in [-0.4, -0.2) is 40.5 Å². The second kappa shape index (κ2) is 13.0. The highest BCUT2D eigenvalue weighted by atomic mass is 19.4. The van der Waals surface area contributed by atoms with Crippen LogP contribution >= 0.6 is 0 Å². The molecule has 1 heterocycles. The molecule has 0 aliphatic carbocycles. The van der Waals surface area contributed by atoms with E-state index in [-0.39, 0.29) is 12.5 Å². The van der Waals surface area contributed by atoms with Gasteiger partial charge in [-0.25, -0.2) is 0 Å². The van der Waals surface area contributed by atoms with Crippen molar-refractivity contribution in [1.29, 1.82) is 0 Å². The fourth-order valence-electron chi connectivity index (χ4n) is 3.55. The Morgan fingerprint density at radius 3 is 2.30 bits per heavy atom. The van der Waals surface area contributed by atoms with Gasteiger partial charge in [-0.05, 0) is 41.8 Å². The predicted octanol–water partition coefficient (Wildman–Crippen LogP) is 5.63. The standard InChI is InChI=1S/C27H31F3N4O3/c1-3-18(2)24(32-22-10-4-19(5-11-22)16-31-15-14-26(35)36)17-37-25-13-12-23(33-34-25)20-6-8-21(9-7-20)27(28,29)30/h4-13,18,24,31-32H,3,14-17H2,1-2H3,(H,35,36)/t18-,24+/m0/s1. The van der Waals surface area contributed by atoms with Gasteiger partial charge in [0.2, 0.25) is 5.88 Å². The van der Waals surface area contributed by atoms with Crippen LogP contribution in [0.4, 0.5) is 18.9 Å². The Balaban J connectivity index is 1.56. The van der Waals surface area contributed by atoms with E-state index in [1.807, 2.05) is 24.3 Å². The van der Waals surface area contributed by atoms with Crippen molar-refractivity contribution >= 4 is 11.7 Å². The fourth-order valence-corrected chi connectivity index (χ4v) is 3.55. The first-order valence-corrected chi connectivity index (χ1v) is 12.1. The van der Waals surface area contributed by atoms with Crippen LogP contribution in [0, 0.1) is 5.92 Å². The predicted molar refractivity (Wildman–Crippen MR) is 135 cm³/mol. The number of aromatic nitrogens is 2. The molecule has 0 spiro atoms. The van der Waals surface area contributed by atoms with E-state index < -0.39 is 17.7 Å². The lowest BCUT2D eigenvalue weighted by Crippen LogP contribution is -2.33. The second-order valence-electron chi connectivity index (χ2n) is 8.80. The van der Waals surface area contributed by atoms with E-state index in [0.717, 1.165) is 29.8 Å². The number of nitrogens with zero attached hydrogens (tertiary/aromatic N) is 2. The number of carboxylic acid groups (broad SMARTS) is 1. The molecule has 0 radical (unpaired) electrons. The molecular weight excluding hydrogens is 485 g/mol. The number of alkyl halides is 3. The molecule has 0 unspecified atom stereocenters. The molecule has 3 N–H and O–H groups in total. The number of carbonyl (C=O) groups is 1. The Bertz CT molecular complexity index is 1120. The maximum Gasteiger partial charge on any atom is 0.416 e. The van der Waals surface area contributed by atoms with E-state index in [2.05, 4.69) is 34.7 Å². The first kappa shape index (κ1) is 27.9. The number of hydrogen-bond donors (Lipinski definition) is 3. The third-order valence-corrected chi connectivity index (χ3v) is 6.04. The van der Waals surface area contributed by atoms with Crippen molar-refractivity contribution in [3.63, 3.8) is 0 Å². The van der Waals surface area contributed by atoms with Crippen molar-refractivity contribution in [3.8, 4) is 17.1 Å². The number of carboxylic acids is 1. The van der Waals surface area contributed by atoms with Gasteiger partial charge in [0.15, 0.2) is 0 Å². The lowest BCUT2D eigenvalue weighted by molar-refractivity contribution is -0.138. The van der Waals surface area contributed by atoms with Crippen molar-refractivity contribution < 1.29 is 27.8 Å². The van der Waals surface area contributed by atoms with E-state index >= 15 is 0 Å². The highest BCUT2D eigenvalue weighted by molar-refractivity contribution is 5.66. The van der Waals surface area contributed by atoms with Crippen LogP contribution in [0.3, 0.4) is 0 Å². The van der Waals surface area contributed by atoms with Gasteiger partial charge in [0.05, 0.1) is 23.7 Å². The summed E-state index contributed by atoms with van der Waals surface area (Å²) in [5, 5.41) is 23.5. The third-order valence-electron chi connectivity index (χ3n) is 6.04. The zero-order chi connectivity index (χ0) is 26.8. The minimum Gasteiger partial charge on any atom is -0.481 e. The van der Waals surface area contributed by atoms with E-state index in [9.17, 15) is 18.0 Å². The first-order valence-electron chi connectivity index (χ1n) is 12.1. The third kappa shape index (κ3) is 8.75. The lowest BCUT2D eigenvalue weighted by atomic mass is 9.99. The van der Waals surface area contributed by atoms with Gasteiger partial charge in [0.25, 0.3) is 0 Å². The molecule has 2 aromatic carbocycles. The molecule has 0 saturated heterocycles. The number of hydrogen-bond acceptors (Lipinski definition) is 6. The minimum absolute atomic E-state index is 0.000862. The molecule has 3 rings (SSSR count). The van der Waals surface area contributed by atoms with Gasteiger partial charge in [-0.2, -0.15) is 13.2 Å². The van der Waals surface area contributed by atoms with Gasteiger partial charge < -0.3 is 20.5 Å². The summed E-state index contributed by atoms with van der Waals surface area (Å²) in [7, 11) is 0. The second-order valence-corrected chi connectivity index (χ2v) is 8.80. The zero-order valence-electron chi connectivity index (χ0n) is 20.8. The summed E-state index contributed by atoms with van der Waals surface area (Å²) < 4.78 is 44.2. The quantitative estimate of drug-likeness (QED) is 0.253. The number of aliphatic carboxylic acids is 1. The number of benzene rings is 2. The van der Waals surface area contributed by atoms with Crippen LogP contribution in [-0.2, 0) is 17.5 Å². The molecule has 7 nitrogen and oxygen atoms in total. The lowest BCUT2D eigenvalue weighted by Gasteiger charge is -2.25. The number of rotatable bonds is 13. The Morgan fingerprint density at radius 1 is 1.03 bits per heavy atom.